The molecule has 1 heterocycles. The lowest BCUT2D eigenvalue weighted by Crippen LogP contribution is -2.35. The molecule has 1 aliphatic rings. The summed E-state index contributed by atoms with van der Waals surface area (Å²) in [4.78, 5) is 27.7. The second-order valence-corrected chi connectivity index (χ2v) is 5.44. The molecule has 0 saturated heterocycles. The van der Waals surface area contributed by atoms with Crippen LogP contribution in [0, 0.1) is 17.2 Å². The highest BCUT2D eigenvalue weighted by molar-refractivity contribution is 6.06. The third kappa shape index (κ3) is 3.10. The maximum absolute atomic E-state index is 11.8. The normalized spacial score (nSPS) is 20.6. The van der Waals surface area contributed by atoms with Gasteiger partial charge in [-0.1, -0.05) is 24.3 Å². The molecule has 1 aliphatic heterocycles. The SMILES string of the molecule is CC1=NC(C)=C(C(=O)O)C(c2ccccc2C=CC#N)C1C(=O)O. The Hall–Kier alpha value is -3.20. The number of hydrogen-bond donors (Lipinski definition) is 2. The van der Waals surface area contributed by atoms with E-state index in [9.17, 15) is 19.8 Å². The first-order chi connectivity index (χ1) is 11.4. The van der Waals surface area contributed by atoms with Crippen molar-refractivity contribution in [1.29, 1.82) is 5.26 Å². The van der Waals surface area contributed by atoms with Crippen LogP contribution in [0.1, 0.15) is 30.9 Å². The number of benzene rings is 1. The van der Waals surface area contributed by atoms with E-state index in [0.29, 0.717) is 22.5 Å². The summed E-state index contributed by atoms with van der Waals surface area (Å²) in [6.07, 6.45) is 2.82. The van der Waals surface area contributed by atoms with Crippen LogP contribution in [0.15, 0.2) is 46.6 Å². The summed E-state index contributed by atoms with van der Waals surface area (Å²) < 4.78 is 0. The van der Waals surface area contributed by atoms with Gasteiger partial charge in [-0.25, -0.2) is 4.79 Å². The first-order valence-corrected chi connectivity index (χ1v) is 7.25. The van der Waals surface area contributed by atoms with Crippen molar-refractivity contribution in [3.8, 4) is 6.07 Å². The molecular weight excluding hydrogens is 308 g/mol. The third-order valence-corrected chi connectivity index (χ3v) is 3.99. The van der Waals surface area contributed by atoms with Gasteiger partial charge in [-0.3, -0.25) is 9.79 Å². The molecule has 0 aromatic heterocycles. The van der Waals surface area contributed by atoms with Gasteiger partial charge in [-0.2, -0.15) is 5.26 Å². The number of carbonyl (C=O) groups is 2. The first kappa shape index (κ1) is 17.2. The molecule has 0 radical (unpaired) electrons. The Morgan fingerprint density at radius 2 is 1.92 bits per heavy atom. The number of carboxylic acid groups (broad SMARTS) is 2. The predicted molar refractivity (Wildman–Crippen MR) is 88.4 cm³/mol. The van der Waals surface area contributed by atoms with Crippen LogP contribution in [0.5, 0.6) is 0 Å². The van der Waals surface area contributed by atoms with Crippen molar-refractivity contribution < 1.29 is 19.8 Å². The van der Waals surface area contributed by atoms with Gasteiger partial charge in [-0.15, -0.1) is 0 Å². The second-order valence-electron chi connectivity index (χ2n) is 5.44. The molecule has 0 saturated carbocycles. The average Bonchev–Trinajstić information content (AvgIpc) is 2.51. The highest BCUT2D eigenvalue weighted by Gasteiger charge is 2.41. The second kappa shape index (κ2) is 6.92. The number of aliphatic imine (C=N–C) groups is 1. The summed E-state index contributed by atoms with van der Waals surface area (Å²) in [7, 11) is 0. The molecule has 0 aliphatic carbocycles. The molecule has 2 rings (SSSR count). The number of nitriles is 1. The van der Waals surface area contributed by atoms with Crippen LogP contribution in [-0.2, 0) is 9.59 Å². The molecule has 2 N–H and O–H groups in total. The molecule has 2 unspecified atom stereocenters. The average molecular weight is 324 g/mol. The zero-order valence-electron chi connectivity index (χ0n) is 13.2. The largest absolute Gasteiger partial charge is 0.481 e. The van der Waals surface area contributed by atoms with E-state index in [4.69, 9.17) is 5.26 Å². The van der Waals surface area contributed by atoms with E-state index in [2.05, 4.69) is 4.99 Å². The molecule has 122 valence electrons. The third-order valence-electron chi connectivity index (χ3n) is 3.99. The molecule has 0 spiro atoms. The summed E-state index contributed by atoms with van der Waals surface area (Å²) in [5.74, 6) is -4.28. The van der Waals surface area contributed by atoms with Gasteiger partial charge in [0.15, 0.2) is 0 Å². The lowest BCUT2D eigenvalue weighted by atomic mass is 9.74. The Balaban J connectivity index is 2.75. The van der Waals surface area contributed by atoms with Crippen molar-refractivity contribution in [3.05, 3.63) is 52.7 Å². The number of nitrogens with zero attached hydrogens (tertiary/aromatic N) is 2. The Morgan fingerprint density at radius 3 is 2.50 bits per heavy atom. The van der Waals surface area contributed by atoms with Crippen LogP contribution in [0.25, 0.3) is 6.08 Å². The Kier molecular flexibility index (Phi) is 4.95. The van der Waals surface area contributed by atoms with Gasteiger partial charge in [-0.05, 0) is 31.1 Å². The molecule has 1 aromatic rings. The van der Waals surface area contributed by atoms with Gasteiger partial charge in [0, 0.05) is 23.4 Å². The van der Waals surface area contributed by atoms with E-state index in [1.165, 1.54) is 6.08 Å². The monoisotopic (exact) mass is 324 g/mol. The van der Waals surface area contributed by atoms with Crippen molar-refractivity contribution in [3.63, 3.8) is 0 Å². The van der Waals surface area contributed by atoms with Gasteiger partial charge >= 0.3 is 11.9 Å². The van der Waals surface area contributed by atoms with Crippen molar-refractivity contribution in [2.24, 2.45) is 10.9 Å². The fraction of sp³-hybridized carbons (Fsp3) is 0.222. The van der Waals surface area contributed by atoms with E-state index >= 15 is 0 Å². The maximum Gasteiger partial charge on any atom is 0.334 e. The molecule has 0 amide bonds. The van der Waals surface area contributed by atoms with Crippen molar-refractivity contribution in [2.75, 3.05) is 0 Å². The smallest absolute Gasteiger partial charge is 0.334 e. The fourth-order valence-corrected chi connectivity index (χ4v) is 3.04. The Morgan fingerprint density at radius 1 is 1.25 bits per heavy atom. The number of allylic oxidation sites excluding steroid dienone is 2. The minimum absolute atomic E-state index is 0.0363. The van der Waals surface area contributed by atoms with Crippen LogP contribution < -0.4 is 0 Å². The lowest BCUT2D eigenvalue weighted by Gasteiger charge is -2.30. The molecule has 6 heteroatoms. The van der Waals surface area contributed by atoms with E-state index in [1.54, 1.807) is 44.2 Å². The molecular formula is C18H16N2O4. The highest BCUT2D eigenvalue weighted by atomic mass is 16.4. The molecule has 0 bridgehead atoms. The minimum atomic E-state index is -1.20. The van der Waals surface area contributed by atoms with Crippen molar-refractivity contribution in [2.45, 2.75) is 19.8 Å². The molecule has 24 heavy (non-hydrogen) atoms. The van der Waals surface area contributed by atoms with E-state index in [1.807, 2.05) is 6.07 Å². The minimum Gasteiger partial charge on any atom is -0.481 e. The summed E-state index contributed by atoms with van der Waals surface area (Å²) >= 11 is 0. The van der Waals surface area contributed by atoms with Gasteiger partial charge in [0.05, 0.1) is 11.6 Å². The number of hydrogen-bond acceptors (Lipinski definition) is 4. The summed E-state index contributed by atoms with van der Waals surface area (Å²) in [5.41, 5.74) is 1.76. The van der Waals surface area contributed by atoms with Gasteiger partial charge in [0.2, 0.25) is 0 Å². The zero-order chi connectivity index (χ0) is 17.9. The van der Waals surface area contributed by atoms with E-state index in [0.717, 1.165) is 0 Å². The number of carboxylic acids is 2. The summed E-state index contributed by atoms with van der Waals surface area (Å²) in [6, 6.07) is 8.75. The Bertz CT molecular complexity index is 828. The standard InChI is InChI=1S/C18H16N2O4/c1-10-14(17(21)22)16(15(18(23)24)11(2)20-10)13-8-4-3-6-12(13)7-5-9-19/h3-8,14,16H,1-2H3,(H,21,22)(H,23,24). The van der Waals surface area contributed by atoms with Crippen LogP contribution in [0.3, 0.4) is 0 Å². The molecule has 6 nitrogen and oxygen atoms in total. The number of rotatable bonds is 4. The van der Waals surface area contributed by atoms with Crippen molar-refractivity contribution >= 4 is 23.7 Å². The van der Waals surface area contributed by atoms with Crippen LogP contribution in [-0.4, -0.2) is 27.9 Å². The van der Waals surface area contributed by atoms with Crippen LogP contribution in [0.4, 0.5) is 0 Å². The van der Waals surface area contributed by atoms with Crippen LogP contribution in [0.2, 0.25) is 0 Å². The maximum atomic E-state index is 11.8. The summed E-state index contributed by atoms with van der Waals surface area (Å²) in [6.45, 7) is 3.15. The Labute approximate surface area is 139 Å². The van der Waals surface area contributed by atoms with E-state index in [-0.39, 0.29) is 5.57 Å². The van der Waals surface area contributed by atoms with Crippen LogP contribution >= 0.6 is 0 Å². The van der Waals surface area contributed by atoms with Gasteiger partial charge in [0.1, 0.15) is 5.92 Å². The van der Waals surface area contributed by atoms with E-state index < -0.39 is 23.8 Å². The quantitative estimate of drug-likeness (QED) is 0.827. The molecule has 2 atom stereocenters. The van der Waals surface area contributed by atoms with Crippen molar-refractivity contribution in [1.82, 2.24) is 0 Å². The predicted octanol–water partition coefficient (Wildman–Crippen LogP) is 2.84. The lowest BCUT2D eigenvalue weighted by molar-refractivity contribution is -0.140. The molecule has 1 aromatic carbocycles. The highest BCUT2D eigenvalue weighted by Crippen LogP contribution is 2.40. The van der Waals surface area contributed by atoms with Gasteiger partial charge < -0.3 is 10.2 Å². The first-order valence-electron chi connectivity index (χ1n) is 7.25. The van der Waals surface area contributed by atoms with Gasteiger partial charge in [0.25, 0.3) is 0 Å². The topological polar surface area (TPSA) is 111 Å². The summed E-state index contributed by atoms with van der Waals surface area (Å²) in [5, 5.41) is 28.0. The number of aliphatic carboxylic acids is 2. The zero-order valence-corrected chi connectivity index (χ0v) is 13.2. The molecule has 0 fully saturated rings. The fourth-order valence-electron chi connectivity index (χ4n) is 3.04.